The van der Waals surface area contributed by atoms with Gasteiger partial charge in [-0.05, 0) is 26.0 Å². The first kappa shape index (κ1) is 12.8. The monoisotopic (exact) mass is 267 g/mol. The Morgan fingerprint density at radius 3 is 2.89 bits per heavy atom. The number of oxazole rings is 1. The van der Waals surface area contributed by atoms with Crippen LogP contribution in [0.3, 0.4) is 0 Å². The predicted octanol–water partition coefficient (Wildman–Crippen LogP) is 3.22. The van der Waals surface area contributed by atoms with Gasteiger partial charge in [0, 0.05) is 0 Å². The van der Waals surface area contributed by atoms with Crippen LogP contribution in [0.4, 0.5) is 0 Å². The largest absolute Gasteiger partial charge is 0.463 e. The van der Waals surface area contributed by atoms with Crippen molar-refractivity contribution >= 4 is 17.7 Å². The van der Waals surface area contributed by atoms with Crippen LogP contribution in [-0.4, -0.2) is 18.1 Å². The van der Waals surface area contributed by atoms with Crippen molar-refractivity contribution in [1.82, 2.24) is 4.98 Å². The normalized spacial score (nSPS) is 12.4. The number of aryl methyl sites for hydroxylation is 1. The highest BCUT2D eigenvalue weighted by Crippen LogP contribution is 2.34. The average molecular weight is 267 g/mol. The fraction of sp³-hybridized carbons (Fsp3) is 0.333. The topological polar surface area (TPSA) is 65.5 Å². The molecular weight excluding hydrogens is 254 g/mol. The van der Waals surface area contributed by atoms with E-state index in [-0.39, 0.29) is 11.0 Å². The Morgan fingerprint density at radius 1 is 1.50 bits per heavy atom. The number of thioether (sulfide) groups is 1. The molecule has 6 heteroatoms. The van der Waals surface area contributed by atoms with E-state index in [4.69, 9.17) is 8.83 Å². The lowest BCUT2D eigenvalue weighted by atomic mass is 10.3. The molecule has 0 amide bonds. The molecule has 5 nitrogen and oxygen atoms in total. The van der Waals surface area contributed by atoms with Crippen molar-refractivity contribution in [3.8, 4) is 0 Å². The maximum atomic E-state index is 11.3. The van der Waals surface area contributed by atoms with E-state index in [0.717, 1.165) is 5.69 Å². The van der Waals surface area contributed by atoms with Crippen molar-refractivity contribution in [2.75, 3.05) is 7.11 Å². The summed E-state index contributed by atoms with van der Waals surface area (Å²) in [7, 11) is 1.32. The summed E-state index contributed by atoms with van der Waals surface area (Å²) < 4.78 is 15.2. The van der Waals surface area contributed by atoms with Gasteiger partial charge in [0.1, 0.15) is 12.0 Å². The standard InChI is InChI=1S/C12H13NO4S/c1-7-6-16-12(13-7)18-8(2)9-4-5-10(17-9)11(14)15-3/h4-6,8H,1-3H3. The van der Waals surface area contributed by atoms with E-state index in [9.17, 15) is 4.79 Å². The molecule has 1 atom stereocenters. The first-order chi connectivity index (χ1) is 8.60. The Morgan fingerprint density at radius 2 is 2.28 bits per heavy atom. The molecule has 2 heterocycles. The van der Waals surface area contributed by atoms with Crippen LogP contribution in [0.15, 0.2) is 32.5 Å². The number of esters is 1. The second kappa shape index (κ2) is 5.30. The van der Waals surface area contributed by atoms with Crippen LogP contribution >= 0.6 is 11.8 Å². The Bertz CT molecular complexity index is 546. The van der Waals surface area contributed by atoms with Gasteiger partial charge in [-0.15, -0.1) is 0 Å². The van der Waals surface area contributed by atoms with Gasteiger partial charge in [-0.25, -0.2) is 9.78 Å². The summed E-state index contributed by atoms with van der Waals surface area (Å²) in [5, 5.41) is 0.581. The first-order valence-electron chi connectivity index (χ1n) is 5.37. The summed E-state index contributed by atoms with van der Waals surface area (Å²) in [6, 6.07) is 3.35. The van der Waals surface area contributed by atoms with Gasteiger partial charge in [0.15, 0.2) is 0 Å². The molecule has 96 valence electrons. The number of nitrogens with zero attached hydrogens (tertiary/aromatic N) is 1. The highest BCUT2D eigenvalue weighted by Gasteiger charge is 2.17. The number of carbonyl (C=O) groups excluding carboxylic acids is 1. The number of carbonyl (C=O) groups is 1. The zero-order valence-electron chi connectivity index (χ0n) is 10.3. The second-order valence-electron chi connectivity index (χ2n) is 3.71. The van der Waals surface area contributed by atoms with Crippen molar-refractivity contribution < 1.29 is 18.4 Å². The predicted molar refractivity (Wildman–Crippen MR) is 65.6 cm³/mol. The van der Waals surface area contributed by atoms with Crippen LogP contribution in [-0.2, 0) is 4.74 Å². The lowest BCUT2D eigenvalue weighted by Crippen LogP contribution is -1.98. The summed E-state index contributed by atoms with van der Waals surface area (Å²) in [6.07, 6.45) is 1.59. The zero-order valence-corrected chi connectivity index (χ0v) is 11.1. The van der Waals surface area contributed by atoms with Gasteiger partial charge in [0.05, 0.1) is 18.1 Å². The molecule has 0 bridgehead atoms. The number of ether oxygens (including phenoxy) is 1. The maximum Gasteiger partial charge on any atom is 0.373 e. The molecule has 0 aromatic carbocycles. The van der Waals surface area contributed by atoms with Crippen molar-refractivity contribution in [3.63, 3.8) is 0 Å². The third-order valence-electron chi connectivity index (χ3n) is 2.29. The van der Waals surface area contributed by atoms with Gasteiger partial charge in [-0.3, -0.25) is 0 Å². The number of hydrogen-bond acceptors (Lipinski definition) is 6. The highest BCUT2D eigenvalue weighted by atomic mass is 32.2. The summed E-state index contributed by atoms with van der Waals surface area (Å²) >= 11 is 1.43. The van der Waals surface area contributed by atoms with Crippen molar-refractivity contribution in [2.45, 2.75) is 24.3 Å². The Balaban J connectivity index is 2.07. The number of methoxy groups -OCH3 is 1. The molecule has 0 saturated heterocycles. The molecule has 0 saturated carbocycles. The van der Waals surface area contributed by atoms with Gasteiger partial charge < -0.3 is 13.6 Å². The number of furan rings is 1. The lowest BCUT2D eigenvalue weighted by molar-refractivity contribution is 0.0563. The molecule has 1 unspecified atom stereocenters. The molecule has 2 aromatic rings. The van der Waals surface area contributed by atoms with Gasteiger partial charge in [-0.2, -0.15) is 0 Å². The molecule has 0 spiro atoms. The molecular formula is C12H13NO4S. The highest BCUT2D eigenvalue weighted by molar-refractivity contribution is 7.99. The van der Waals surface area contributed by atoms with E-state index in [1.54, 1.807) is 18.4 Å². The van der Waals surface area contributed by atoms with Crippen LogP contribution in [0, 0.1) is 6.92 Å². The van der Waals surface area contributed by atoms with Crippen LogP contribution in [0.2, 0.25) is 0 Å². The molecule has 18 heavy (non-hydrogen) atoms. The second-order valence-corrected chi connectivity index (χ2v) is 5.00. The van der Waals surface area contributed by atoms with Gasteiger partial charge >= 0.3 is 5.97 Å². The van der Waals surface area contributed by atoms with Gasteiger partial charge in [0.2, 0.25) is 5.76 Å². The average Bonchev–Trinajstić information content (AvgIpc) is 2.97. The summed E-state index contributed by atoms with van der Waals surface area (Å²) in [5.74, 6) is 0.394. The summed E-state index contributed by atoms with van der Waals surface area (Å²) in [5.41, 5.74) is 0.833. The van der Waals surface area contributed by atoms with E-state index in [2.05, 4.69) is 9.72 Å². The number of rotatable bonds is 4. The minimum absolute atomic E-state index is 0.00135. The minimum Gasteiger partial charge on any atom is -0.463 e. The van der Waals surface area contributed by atoms with Crippen LogP contribution < -0.4 is 0 Å². The summed E-state index contributed by atoms with van der Waals surface area (Å²) in [6.45, 7) is 3.81. The number of aromatic nitrogens is 1. The maximum absolute atomic E-state index is 11.3. The Labute approximate surface area is 109 Å². The molecule has 2 aromatic heterocycles. The number of hydrogen-bond donors (Lipinski definition) is 0. The third-order valence-corrected chi connectivity index (χ3v) is 3.26. The fourth-order valence-electron chi connectivity index (χ4n) is 1.38. The van der Waals surface area contributed by atoms with Crippen LogP contribution in [0.1, 0.15) is 34.2 Å². The van der Waals surface area contributed by atoms with E-state index in [1.807, 2.05) is 13.8 Å². The first-order valence-corrected chi connectivity index (χ1v) is 6.25. The zero-order chi connectivity index (χ0) is 13.1. The van der Waals surface area contributed by atoms with E-state index in [0.29, 0.717) is 11.0 Å². The molecule has 0 aliphatic rings. The van der Waals surface area contributed by atoms with Gasteiger partial charge in [0.25, 0.3) is 5.22 Å². The van der Waals surface area contributed by atoms with Crippen LogP contribution in [0.5, 0.6) is 0 Å². The Kier molecular flexibility index (Phi) is 3.76. The molecule has 0 N–H and O–H groups in total. The minimum atomic E-state index is -0.481. The fourth-order valence-corrected chi connectivity index (χ4v) is 2.22. The Hall–Kier alpha value is -1.69. The molecule has 0 aliphatic heterocycles. The molecule has 0 radical (unpaired) electrons. The third kappa shape index (κ3) is 2.76. The van der Waals surface area contributed by atoms with E-state index >= 15 is 0 Å². The van der Waals surface area contributed by atoms with Gasteiger partial charge in [-0.1, -0.05) is 11.8 Å². The summed E-state index contributed by atoms with van der Waals surface area (Å²) in [4.78, 5) is 15.5. The smallest absolute Gasteiger partial charge is 0.373 e. The van der Waals surface area contributed by atoms with Crippen LogP contribution in [0.25, 0.3) is 0 Å². The molecule has 2 rings (SSSR count). The van der Waals surface area contributed by atoms with E-state index in [1.165, 1.54) is 18.9 Å². The lowest BCUT2D eigenvalue weighted by Gasteiger charge is -2.04. The molecule has 0 fully saturated rings. The quantitative estimate of drug-likeness (QED) is 0.626. The van der Waals surface area contributed by atoms with E-state index < -0.39 is 5.97 Å². The van der Waals surface area contributed by atoms with Crippen molar-refractivity contribution in [1.29, 1.82) is 0 Å². The van der Waals surface area contributed by atoms with Crippen molar-refractivity contribution in [3.05, 3.63) is 35.6 Å². The molecule has 0 aliphatic carbocycles. The van der Waals surface area contributed by atoms with Crippen molar-refractivity contribution in [2.24, 2.45) is 0 Å². The SMILES string of the molecule is COC(=O)c1ccc(C(C)Sc2nc(C)co2)o1.